The van der Waals surface area contributed by atoms with Crippen LogP contribution in [0.25, 0.3) is 0 Å². The molecule has 0 amide bonds. The van der Waals surface area contributed by atoms with E-state index in [1.807, 2.05) is 19.1 Å². The first-order valence-corrected chi connectivity index (χ1v) is 5.51. The van der Waals surface area contributed by atoms with Gasteiger partial charge in [-0.3, -0.25) is 9.59 Å². The highest BCUT2D eigenvalue weighted by atomic mass is 16.4. The first kappa shape index (κ1) is 12.0. The lowest BCUT2D eigenvalue weighted by atomic mass is 9.77. The van der Waals surface area contributed by atoms with Gasteiger partial charge in [-0.05, 0) is 26.2 Å². The molecule has 2 atom stereocenters. The van der Waals surface area contributed by atoms with Gasteiger partial charge in [0.25, 0.3) is 0 Å². The van der Waals surface area contributed by atoms with Crippen LogP contribution in [0.3, 0.4) is 0 Å². The predicted octanol–water partition coefficient (Wildman–Crippen LogP) is 2.41. The van der Waals surface area contributed by atoms with Gasteiger partial charge < -0.3 is 5.11 Å². The van der Waals surface area contributed by atoms with Crippen LogP contribution in [0.1, 0.15) is 39.0 Å². The number of rotatable bonds is 4. The fourth-order valence-electron chi connectivity index (χ4n) is 2.18. The molecule has 2 unspecified atom stereocenters. The Labute approximate surface area is 90.2 Å². The number of hydrogen-bond donors (Lipinski definition) is 1. The zero-order chi connectivity index (χ0) is 11.3. The average molecular weight is 210 g/mol. The summed E-state index contributed by atoms with van der Waals surface area (Å²) in [5.74, 6) is -0.896. The van der Waals surface area contributed by atoms with Crippen LogP contribution in [0, 0.1) is 11.8 Å². The van der Waals surface area contributed by atoms with Crippen molar-refractivity contribution in [2.75, 3.05) is 0 Å². The number of aliphatic carboxylic acids is 1. The Morgan fingerprint density at radius 3 is 2.73 bits per heavy atom. The summed E-state index contributed by atoms with van der Waals surface area (Å²) >= 11 is 0. The molecule has 0 heterocycles. The van der Waals surface area contributed by atoms with E-state index in [9.17, 15) is 9.59 Å². The van der Waals surface area contributed by atoms with Crippen LogP contribution >= 0.6 is 0 Å². The molecule has 1 aliphatic carbocycles. The topological polar surface area (TPSA) is 54.4 Å². The molecular weight excluding hydrogens is 192 g/mol. The van der Waals surface area contributed by atoms with E-state index in [1.54, 1.807) is 0 Å². The van der Waals surface area contributed by atoms with Crippen molar-refractivity contribution in [1.82, 2.24) is 0 Å². The van der Waals surface area contributed by atoms with Gasteiger partial charge in [0.05, 0.1) is 6.42 Å². The second-order valence-electron chi connectivity index (χ2n) is 4.13. The molecule has 0 aromatic carbocycles. The van der Waals surface area contributed by atoms with Crippen LogP contribution in [0.4, 0.5) is 0 Å². The van der Waals surface area contributed by atoms with Crippen LogP contribution in [-0.4, -0.2) is 16.9 Å². The van der Waals surface area contributed by atoms with Gasteiger partial charge in [-0.1, -0.05) is 18.6 Å². The maximum Gasteiger partial charge on any atom is 0.304 e. The van der Waals surface area contributed by atoms with Crippen molar-refractivity contribution < 1.29 is 14.7 Å². The predicted molar refractivity (Wildman–Crippen MR) is 57.5 cm³/mol. The third kappa shape index (κ3) is 3.50. The first-order valence-electron chi connectivity index (χ1n) is 5.51. The molecule has 15 heavy (non-hydrogen) atoms. The highest BCUT2D eigenvalue weighted by Gasteiger charge is 2.31. The summed E-state index contributed by atoms with van der Waals surface area (Å²) in [6, 6.07) is 0. The summed E-state index contributed by atoms with van der Waals surface area (Å²) in [4.78, 5) is 22.4. The largest absolute Gasteiger partial charge is 0.481 e. The van der Waals surface area contributed by atoms with Gasteiger partial charge in [0.15, 0.2) is 0 Å². The fourth-order valence-corrected chi connectivity index (χ4v) is 2.18. The molecule has 3 nitrogen and oxygen atoms in total. The standard InChI is InChI=1S/C12H18O3/c1-2-3-5-9-6-4-7-10(12(9)15)8-11(13)14/h2-3,9-10H,4-8H2,1H3,(H,13,14). The number of ketones is 1. The zero-order valence-electron chi connectivity index (χ0n) is 9.11. The molecule has 3 heteroatoms. The Hall–Kier alpha value is -1.12. The maximum absolute atomic E-state index is 11.9. The second-order valence-corrected chi connectivity index (χ2v) is 4.13. The number of carboxylic acid groups (broad SMARTS) is 1. The molecule has 0 radical (unpaired) electrons. The smallest absolute Gasteiger partial charge is 0.304 e. The quantitative estimate of drug-likeness (QED) is 0.725. The Kier molecular flexibility index (Phi) is 4.53. The highest BCUT2D eigenvalue weighted by Crippen LogP contribution is 2.30. The van der Waals surface area contributed by atoms with Crippen molar-refractivity contribution >= 4 is 11.8 Å². The Morgan fingerprint density at radius 1 is 1.47 bits per heavy atom. The lowest BCUT2D eigenvalue weighted by molar-refractivity contribution is -0.142. The second kappa shape index (κ2) is 5.69. The van der Waals surface area contributed by atoms with Crippen LogP contribution in [-0.2, 0) is 9.59 Å². The summed E-state index contributed by atoms with van der Waals surface area (Å²) in [5.41, 5.74) is 0. The number of carbonyl (C=O) groups excluding carboxylic acids is 1. The molecular formula is C12H18O3. The average Bonchev–Trinajstić information content (AvgIpc) is 2.19. The minimum atomic E-state index is -0.861. The number of allylic oxidation sites excluding steroid dienone is 2. The van der Waals surface area contributed by atoms with Crippen molar-refractivity contribution in [3.8, 4) is 0 Å². The number of carboxylic acids is 1. The van der Waals surface area contributed by atoms with E-state index in [1.165, 1.54) is 0 Å². The molecule has 0 bridgehead atoms. The van der Waals surface area contributed by atoms with Crippen molar-refractivity contribution in [2.24, 2.45) is 11.8 Å². The van der Waals surface area contributed by atoms with Crippen molar-refractivity contribution in [3.05, 3.63) is 12.2 Å². The Morgan fingerprint density at radius 2 is 2.13 bits per heavy atom. The molecule has 84 valence electrons. The molecule has 0 spiro atoms. The zero-order valence-corrected chi connectivity index (χ0v) is 9.11. The van der Waals surface area contributed by atoms with Crippen molar-refractivity contribution in [1.29, 1.82) is 0 Å². The van der Waals surface area contributed by atoms with E-state index in [2.05, 4.69) is 0 Å². The number of Topliss-reactive ketones (excluding diaryl/α,β-unsaturated/α-hetero) is 1. The normalized spacial score (nSPS) is 27.1. The Balaban J connectivity index is 2.54. The summed E-state index contributed by atoms with van der Waals surface area (Å²) in [6.07, 6.45) is 7.35. The molecule has 0 saturated heterocycles. The van der Waals surface area contributed by atoms with Crippen molar-refractivity contribution in [3.63, 3.8) is 0 Å². The minimum absolute atomic E-state index is 0.00513. The highest BCUT2D eigenvalue weighted by molar-refractivity contribution is 5.87. The molecule has 0 aromatic heterocycles. The summed E-state index contributed by atoms with van der Waals surface area (Å²) in [7, 11) is 0. The fraction of sp³-hybridized carbons (Fsp3) is 0.667. The third-order valence-electron chi connectivity index (χ3n) is 2.99. The number of carbonyl (C=O) groups is 2. The van der Waals surface area contributed by atoms with Crippen LogP contribution in [0.5, 0.6) is 0 Å². The molecule has 0 aliphatic heterocycles. The summed E-state index contributed by atoms with van der Waals surface area (Å²) in [6.45, 7) is 1.93. The van der Waals surface area contributed by atoms with E-state index in [0.29, 0.717) is 0 Å². The van der Waals surface area contributed by atoms with Gasteiger partial charge >= 0.3 is 5.97 Å². The Bertz CT molecular complexity index is 268. The van der Waals surface area contributed by atoms with E-state index >= 15 is 0 Å². The van der Waals surface area contributed by atoms with Gasteiger partial charge in [-0.2, -0.15) is 0 Å². The minimum Gasteiger partial charge on any atom is -0.481 e. The van der Waals surface area contributed by atoms with Gasteiger partial charge in [0.1, 0.15) is 5.78 Å². The van der Waals surface area contributed by atoms with Crippen LogP contribution in [0.15, 0.2) is 12.2 Å². The molecule has 1 saturated carbocycles. The summed E-state index contributed by atoms with van der Waals surface area (Å²) in [5, 5.41) is 8.68. The van der Waals surface area contributed by atoms with Gasteiger partial charge in [0.2, 0.25) is 0 Å². The molecule has 1 rings (SSSR count). The molecule has 1 aliphatic rings. The lowest BCUT2D eigenvalue weighted by Crippen LogP contribution is -2.29. The van der Waals surface area contributed by atoms with E-state index in [0.717, 1.165) is 25.7 Å². The van der Waals surface area contributed by atoms with E-state index in [-0.39, 0.29) is 24.0 Å². The monoisotopic (exact) mass is 210 g/mol. The van der Waals surface area contributed by atoms with E-state index in [4.69, 9.17) is 5.11 Å². The van der Waals surface area contributed by atoms with Crippen molar-refractivity contribution in [2.45, 2.75) is 39.0 Å². The number of hydrogen-bond acceptors (Lipinski definition) is 2. The van der Waals surface area contributed by atoms with Gasteiger partial charge in [-0.15, -0.1) is 0 Å². The summed E-state index contributed by atoms with van der Waals surface area (Å²) < 4.78 is 0. The van der Waals surface area contributed by atoms with Gasteiger partial charge in [-0.25, -0.2) is 0 Å². The van der Waals surface area contributed by atoms with Crippen LogP contribution in [0.2, 0.25) is 0 Å². The molecule has 1 fully saturated rings. The lowest BCUT2D eigenvalue weighted by Gasteiger charge is -2.26. The molecule has 0 aromatic rings. The van der Waals surface area contributed by atoms with Gasteiger partial charge in [0, 0.05) is 11.8 Å². The first-order chi connectivity index (χ1) is 7.15. The maximum atomic E-state index is 11.9. The van der Waals surface area contributed by atoms with Crippen LogP contribution < -0.4 is 0 Å². The third-order valence-corrected chi connectivity index (χ3v) is 2.99. The van der Waals surface area contributed by atoms with E-state index < -0.39 is 5.97 Å². The SMILES string of the molecule is CC=CCC1CCCC(CC(=O)O)C1=O. The molecule has 1 N–H and O–H groups in total.